The fraction of sp³-hybridized carbons (Fsp3) is 0.207. The number of amides is 2. The SMILES string of the molecule is Cc1ccc(N2C(=O)C(Cc3ccc(Cl)c(Cl)c3)S/C2=C(/C#N)C(=O)NC(C)c2ccccc2)cc1C. The van der Waals surface area contributed by atoms with Gasteiger partial charge in [-0.15, -0.1) is 0 Å². The standard InChI is InChI=1S/C29H25Cl2N3O2S/c1-17-9-11-22(13-18(17)2)34-28(36)26(15-20-10-12-24(30)25(31)14-20)37-29(34)23(16-32)27(35)33-19(3)21-7-5-4-6-8-21/h4-14,19,26H,15H2,1-3H3,(H,33,35)/b29-23-. The largest absolute Gasteiger partial charge is 0.345 e. The molecule has 5 nitrogen and oxygen atoms in total. The van der Waals surface area contributed by atoms with Gasteiger partial charge >= 0.3 is 0 Å². The molecule has 1 heterocycles. The van der Waals surface area contributed by atoms with Crippen molar-refractivity contribution < 1.29 is 9.59 Å². The first-order valence-corrected chi connectivity index (χ1v) is 13.3. The van der Waals surface area contributed by atoms with Crippen LogP contribution in [0.3, 0.4) is 0 Å². The average molecular weight is 551 g/mol. The molecule has 0 spiro atoms. The van der Waals surface area contributed by atoms with Gasteiger partial charge in [0.15, 0.2) is 0 Å². The number of benzene rings is 3. The zero-order valence-electron chi connectivity index (χ0n) is 20.6. The second-order valence-corrected chi connectivity index (χ2v) is 10.9. The minimum atomic E-state index is -0.545. The van der Waals surface area contributed by atoms with Crippen molar-refractivity contribution in [3.8, 4) is 6.07 Å². The average Bonchev–Trinajstić information content (AvgIpc) is 3.19. The molecule has 8 heteroatoms. The van der Waals surface area contributed by atoms with Gasteiger partial charge in [-0.1, -0.05) is 77.4 Å². The minimum Gasteiger partial charge on any atom is -0.345 e. The van der Waals surface area contributed by atoms with E-state index in [1.165, 1.54) is 16.7 Å². The Morgan fingerprint density at radius 1 is 1.05 bits per heavy atom. The molecule has 3 aromatic rings. The van der Waals surface area contributed by atoms with Crippen LogP contribution in [0.4, 0.5) is 5.69 Å². The summed E-state index contributed by atoms with van der Waals surface area (Å²) in [6.45, 7) is 5.80. The molecule has 0 bridgehead atoms. The highest BCUT2D eigenvalue weighted by molar-refractivity contribution is 8.05. The number of aryl methyl sites for hydroxylation is 2. The molecule has 2 amide bonds. The number of carbonyl (C=O) groups excluding carboxylic acids is 2. The topological polar surface area (TPSA) is 73.2 Å². The van der Waals surface area contributed by atoms with Crippen molar-refractivity contribution in [2.24, 2.45) is 0 Å². The van der Waals surface area contributed by atoms with Crippen molar-refractivity contribution in [3.63, 3.8) is 0 Å². The molecule has 1 fully saturated rings. The van der Waals surface area contributed by atoms with Crippen molar-refractivity contribution in [1.82, 2.24) is 5.32 Å². The molecule has 2 atom stereocenters. The zero-order chi connectivity index (χ0) is 26.7. The summed E-state index contributed by atoms with van der Waals surface area (Å²) in [5, 5.41) is 13.6. The maximum absolute atomic E-state index is 13.7. The van der Waals surface area contributed by atoms with E-state index in [9.17, 15) is 14.9 Å². The van der Waals surface area contributed by atoms with Gasteiger partial charge in [0.05, 0.1) is 21.3 Å². The molecule has 1 saturated heterocycles. The summed E-state index contributed by atoms with van der Waals surface area (Å²) in [7, 11) is 0. The van der Waals surface area contributed by atoms with Crippen LogP contribution in [0.5, 0.6) is 0 Å². The van der Waals surface area contributed by atoms with Crippen LogP contribution in [0.25, 0.3) is 0 Å². The van der Waals surface area contributed by atoms with E-state index in [2.05, 4.69) is 11.4 Å². The predicted octanol–water partition coefficient (Wildman–Crippen LogP) is 6.91. The van der Waals surface area contributed by atoms with Crippen LogP contribution in [0, 0.1) is 25.2 Å². The maximum Gasteiger partial charge on any atom is 0.265 e. The van der Waals surface area contributed by atoms with Crippen LogP contribution in [-0.4, -0.2) is 17.1 Å². The molecule has 188 valence electrons. The summed E-state index contributed by atoms with van der Waals surface area (Å²) in [6.07, 6.45) is 0.367. The van der Waals surface area contributed by atoms with Crippen LogP contribution in [0.2, 0.25) is 10.0 Å². The van der Waals surface area contributed by atoms with E-state index in [1.54, 1.807) is 12.1 Å². The van der Waals surface area contributed by atoms with Crippen LogP contribution in [0.1, 0.15) is 35.2 Å². The molecule has 1 aliphatic heterocycles. The fourth-order valence-electron chi connectivity index (χ4n) is 4.06. The van der Waals surface area contributed by atoms with Crippen molar-refractivity contribution in [3.05, 3.63) is 110 Å². The maximum atomic E-state index is 13.7. The van der Waals surface area contributed by atoms with E-state index in [0.29, 0.717) is 27.2 Å². The molecule has 0 radical (unpaired) electrons. The Balaban J connectivity index is 1.72. The number of rotatable bonds is 6. The Hall–Kier alpha value is -3.24. The van der Waals surface area contributed by atoms with Gasteiger partial charge in [-0.2, -0.15) is 5.26 Å². The van der Waals surface area contributed by atoms with E-state index in [1.807, 2.05) is 75.4 Å². The lowest BCUT2D eigenvalue weighted by atomic mass is 10.1. The quantitative estimate of drug-likeness (QED) is 0.267. The van der Waals surface area contributed by atoms with Gasteiger partial charge in [0, 0.05) is 5.69 Å². The van der Waals surface area contributed by atoms with Crippen molar-refractivity contribution in [2.45, 2.75) is 38.5 Å². The van der Waals surface area contributed by atoms with Crippen molar-refractivity contribution >= 4 is 52.5 Å². The highest BCUT2D eigenvalue weighted by Crippen LogP contribution is 2.42. The number of carbonyl (C=O) groups is 2. The van der Waals surface area contributed by atoms with E-state index in [-0.39, 0.29) is 17.5 Å². The molecule has 2 unspecified atom stereocenters. The van der Waals surface area contributed by atoms with Crippen LogP contribution in [-0.2, 0) is 16.0 Å². The van der Waals surface area contributed by atoms with E-state index in [0.717, 1.165) is 22.3 Å². The molecule has 37 heavy (non-hydrogen) atoms. The van der Waals surface area contributed by atoms with Gasteiger partial charge in [0.2, 0.25) is 5.91 Å². The number of nitrogens with one attached hydrogen (secondary N) is 1. The molecule has 3 aromatic carbocycles. The van der Waals surface area contributed by atoms with Crippen LogP contribution >= 0.6 is 35.0 Å². The molecular formula is C29H25Cl2N3O2S. The lowest BCUT2D eigenvalue weighted by molar-refractivity contribution is -0.117. The highest BCUT2D eigenvalue weighted by Gasteiger charge is 2.41. The predicted molar refractivity (Wildman–Crippen MR) is 151 cm³/mol. The fourth-order valence-corrected chi connectivity index (χ4v) is 5.69. The van der Waals surface area contributed by atoms with Gasteiger partial charge in [-0.3, -0.25) is 14.5 Å². The Labute approximate surface area is 231 Å². The Morgan fingerprint density at radius 2 is 1.78 bits per heavy atom. The van der Waals surface area contributed by atoms with Gasteiger partial charge in [0.25, 0.3) is 5.91 Å². The lowest BCUT2D eigenvalue weighted by Crippen LogP contribution is -2.33. The first-order chi connectivity index (χ1) is 17.7. The smallest absolute Gasteiger partial charge is 0.265 e. The number of hydrogen-bond donors (Lipinski definition) is 1. The molecule has 1 aliphatic rings. The van der Waals surface area contributed by atoms with Gasteiger partial charge in [-0.25, -0.2) is 0 Å². The summed E-state index contributed by atoms with van der Waals surface area (Å²) in [5.41, 5.74) is 4.35. The summed E-state index contributed by atoms with van der Waals surface area (Å²) >= 11 is 13.5. The molecule has 0 aromatic heterocycles. The number of hydrogen-bond acceptors (Lipinski definition) is 4. The van der Waals surface area contributed by atoms with Crippen molar-refractivity contribution in [2.75, 3.05) is 4.90 Å². The third-order valence-electron chi connectivity index (χ3n) is 6.31. The molecule has 0 aliphatic carbocycles. The van der Waals surface area contributed by atoms with E-state index in [4.69, 9.17) is 23.2 Å². The highest BCUT2D eigenvalue weighted by atomic mass is 35.5. The number of anilines is 1. The molecule has 1 N–H and O–H groups in total. The molecule has 4 rings (SSSR count). The number of nitrogens with zero attached hydrogens (tertiary/aromatic N) is 2. The number of halogens is 2. The Bertz CT molecular complexity index is 1430. The van der Waals surface area contributed by atoms with Gasteiger partial charge in [0.1, 0.15) is 16.7 Å². The zero-order valence-corrected chi connectivity index (χ0v) is 22.9. The second-order valence-electron chi connectivity index (χ2n) is 8.90. The second kappa shape index (κ2) is 11.4. The summed E-state index contributed by atoms with van der Waals surface area (Å²) in [4.78, 5) is 28.5. The third-order valence-corrected chi connectivity index (χ3v) is 8.31. The lowest BCUT2D eigenvalue weighted by Gasteiger charge is -2.20. The monoisotopic (exact) mass is 549 g/mol. The summed E-state index contributed by atoms with van der Waals surface area (Å²) in [6, 6.07) is 22.2. The van der Waals surface area contributed by atoms with E-state index >= 15 is 0 Å². The first-order valence-electron chi connectivity index (χ1n) is 11.7. The Kier molecular flexibility index (Phi) is 8.29. The van der Waals surface area contributed by atoms with Gasteiger partial charge < -0.3 is 5.32 Å². The van der Waals surface area contributed by atoms with Gasteiger partial charge in [-0.05, 0) is 73.7 Å². The molecular weight excluding hydrogens is 525 g/mol. The Morgan fingerprint density at radius 3 is 2.43 bits per heavy atom. The summed E-state index contributed by atoms with van der Waals surface area (Å²) < 4.78 is 0. The van der Waals surface area contributed by atoms with Crippen LogP contribution in [0.15, 0.2) is 77.3 Å². The normalized spacial score (nSPS) is 17.4. The summed E-state index contributed by atoms with van der Waals surface area (Å²) in [5.74, 6) is -0.732. The number of nitriles is 1. The van der Waals surface area contributed by atoms with Crippen molar-refractivity contribution in [1.29, 1.82) is 5.26 Å². The first kappa shape index (κ1) is 26.8. The van der Waals surface area contributed by atoms with Crippen LogP contribution < -0.4 is 10.2 Å². The minimum absolute atomic E-state index is 0.101. The third kappa shape index (κ3) is 5.86. The molecule has 0 saturated carbocycles. The van der Waals surface area contributed by atoms with E-state index < -0.39 is 11.2 Å². The number of thioether (sulfide) groups is 1.